The molecule has 0 spiro atoms. The average Bonchev–Trinajstić information content (AvgIpc) is 3.09. The first kappa shape index (κ1) is 12.6. The highest BCUT2D eigenvalue weighted by atomic mass is 16.2. The largest absolute Gasteiger partial charge is 0.305 e. The Morgan fingerprint density at radius 1 is 1.29 bits per heavy atom. The van der Waals surface area contributed by atoms with E-state index in [0.29, 0.717) is 6.42 Å². The minimum absolute atomic E-state index is 0.00278. The number of likely N-dealkylation sites (tertiary alicyclic amines) is 1. The third-order valence-electron chi connectivity index (χ3n) is 3.84. The lowest BCUT2D eigenvalue weighted by Gasteiger charge is -2.24. The number of hydrogen-bond donors (Lipinski definition) is 1. The predicted octanol–water partition coefficient (Wildman–Crippen LogP) is 1.30. The zero-order valence-corrected chi connectivity index (χ0v) is 10.7. The molecule has 2 fully saturated rings. The third kappa shape index (κ3) is 2.68. The van der Waals surface area contributed by atoms with Gasteiger partial charge in [-0.3, -0.25) is 14.5 Å². The van der Waals surface area contributed by atoms with Gasteiger partial charge < -0.3 is 5.32 Å². The van der Waals surface area contributed by atoms with Gasteiger partial charge in [0.05, 0.1) is 12.5 Å². The second kappa shape index (κ2) is 5.17. The van der Waals surface area contributed by atoms with Crippen LogP contribution < -0.4 is 5.32 Å². The van der Waals surface area contributed by atoms with Gasteiger partial charge in [-0.05, 0) is 38.1 Å². The lowest BCUT2D eigenvalue weighted by atomic mass is 10.1. The molecular formula is C13H22N2O2. The number of amides is 2. The van der Waals surface area contributed by atoms with Gasteiger partial charge in [0, 0.05) is 6.04 Å². The highest BCUT2D eigenvalue weighted by Crippen LogP contribution is 2.28. The van der Waals surface area contributed by atoms with Gasteiger partial charge >= 0.3 is 0 Å². The van der Waals surface area contributed by atoms with Crippen LogP contribution in [0, 0.1) is 5.92 Å². The fraction of sp³-hybridized carbons (Fsp3) is 0.846. The highest BCUT2D eigenvalue weighted by Gasteiger charge is 2.41. The Morgan fingerprint density at radius 2 is 1.94 bits per heavy atom. The van der Waals surface area contributed by atoms with Crippen molar-refractivity contribution in [1.29, 1.82) is 0 Å². The molecular weight excluding hydrogens is 216 g/mol. The first-order valence-electron chi connectivity index (χ1n) is 6.76. The predicted molar refractivity (Wildman–Crippen MR) is 65.4 cm³/mol. The van der Waals surface area contributed by atoms with Crippen LogP contribution in [0.15, 0.2) is 0 Å². The van der Waals surface area contributed by atoms with Crippen LogP contribution in [0.5, 0.6) is 0 Å². The number of hydrogen-bond acceptors (Lipinski definition) is 3. The molecule has 2 aliphatic rings. The molecule has 0 aromatic heterocycles. The van der Waals surface area contributed by atoms with Gasteiger partial charge in [-0.25, -0.2) is 0 Å². The molecule has 2 rings (SSSR count). The van der Waals surface area contributed by atoms with Crippen molar-refractivity contribution >= 4 is 11.8 Å². The van der Waals surface area contributed by atoms with Gasteiger partial charge in [0.15, 0.2) is 0 Å². The van der Waals surface area contributed by atoms with Crippen LogP contribution in [0.25, 0.3) is 0 Å². The van der Waals surface area contributed by atoms with Crippen LogP contribution in [0.2, 0.25) is 0 Å². The molecule has 1 saturated carbocycles. The van der Waals surface area contributed by atoms with Gasteiger partial charge in [-0.15, -0.1) is 0 Å². The molecule has 4 heteroatoms. The number of nitrogens with zero attached hydrogens (tertiary/aromatic N) is 1. The summed E-state index contributed by atoms with van der Waals surface area (Å²) >= 11 is 0. The lowest BCUT2D eigenvalue weighted by Crippen LogP contribution is -2.44. The molecule has 1 N–H and O–H groups in total. The molecule has 1 unspecified atom stereocenters. The molecule has 0 bridgehead atoms. The van der Waals surface area contributed by atoms with E-state index in [4.69, 9.17) is 0 Å². The average molecular weight is 238 g/mol. The second-order valence-corrected chi connectivity index (χ2v) is 5.18. The first-order chi connectivity index (χ1) is 8.17. The van der Waals surface area contributed by atoms with E-state index in [1.807, 2.05) is 13.8 Å². The zero-order valence-electron chi connectivity index (χ0n) is 10.7. The number of carbonyl (C=O) groups excluding carboxylic acids is 2. The van der Waals surface area contributed by atoms with Gasteiger partial charge in [0.1, 0.15) is 0 Å². The molecule has 4 nitrogen and oxygen atoms in total. The molecule has 1 aliphatic heterocycles. The van der Waals surface area contributed by atoms with Crippen LogP contribution >= 0.6 is 0 Å². The summed E-state index contributed by atoms with van der Waals surface area (Å²) in [4.78, 5) is 25.5. The summed E-state index contributed by atoms with van der Waals surface area (Å²) in [5.41, 5.74) is 0. The smallest absolute Gasteiger partial charge is 0.247 e. The molecule has 0 aromatic rings. The Hall–Kier alpha value is -0.900. The minimum Gasteiger partial charge on any atom is -0.305 e. The van der Waals surface area contributed by atoms with E-state index in [1.165, 1.54) is 17.7 Å². The topological polar surface area (TPSA) is 49.4 Å². The van der Waals surface area contributed by atoms with E-state index in [2.05, 4.69) is 5.32 Å². The number of carbonyl (C=O) groups is 2. The van der Waals surface area contributed by atoms with Crippen LogP contribution in [0.3, 0.4) is 0 Å². The first-order valence-corrected chi connectivity index (χ1v) is 6.76. The van der Waals surface area contributed by atoms with E-state index >= 15 is 0 Å². The van der Waals surface area contributed by atoms with Crippen LogP contribution in [-0.4, -0.2) is 35.3 Å². The fourth-order valence-corrected chi connectivity index (χ4v) is 2.48. The Balaban J connectivity index is 1.94. The van der Waals surface area contributed by atoms with Crippen LogP contribution in [0.1, 0.15) is 46.0 Å². The maximum absolute atomic E-state index is 12.2. The zero-order chi connectivity index (χ0) is 12.4. The summed E-state index contributed by atoms with van der Waals surface area (Å²) < 4.78 is 0. The van der Waals surface area contributed by atoms with Gasteiger partial charge in [-0.1, -0.05) is 13.8 Å². The van der Waals surface area contributed by atoms with Gasteiger partial charge in [0.2, 0.25) is 11.8 Å². The molecule has 2 amide bonds. The van der Waals surface area contributed by atoms with E-state index in [-0.39, 0.29) is 23.9 Å². The number of imide groups is 1. The van der Waals surface area contributed by atoms with Crippen molar-refractivity contribution < 1.29 is 9.59 Å². The number of rotatable bonds is 6. The summed E-state index contributed by atoms with van der Waals surface area (Å²) in [5.74, 6) is 0.724. The standard InChI is InChI=1S/C13H22N2O2/c1-3-10(4-2)15-12(16)7-11(13(15)17)14-8-9-5-6-9/h9-11,14H,3-8H2,1-2H3. The van der Waals surface area contributed by atoms with E-state index in [9.17, 15) is 9.59 Å². The Bertz CT molecular complexity index is 309. The normalized spacial score (nSPS) is 25.1. The molecule has 1 saturated heterocycles. The van der Waals surface area contributed by atoms with Crippen LogP contribution in [0.4, 0.5) is 0 Å². The summed E-state index contributed by atoms with van der Waals surface area (Å²) in [6, 6.07) is -0.175. The maximum Gasteiger partial charge on any atom is 0.247 e. The van der Waals surface area contributed by atoms with Crippen molar-refractivity contribution in [3.63, 3.8) is 0 Å². The van der Waals surface area contributed by atoms with Crippen LogP contribution in [-0.2, 0) is 9.59 Å². The number of nitrogens with one attached hydrogen (secondary N) is 1. The molecule has 0 aromatic carbocycles. The molecule has 1 aliphatic carbocycles. The fourth-order valence-electron chi connectivity index (χ4n) is 2.48. The molecule has 96 valence electrons. The van der Waals surface area contributed by atoms with E-state index in [0.717, 1.165) is 25.3 Å². The monoisotopic (exact) mass is 238 g/mol. The summed E-state index contributed by atoms with van der Waals surface area (Å²) in [6.45, 7) is 4.94. The van der Waals surface area contributed by atoms with Crippen molar-refractivity contribution in [3.05, 3.63) is 0 Å². The third-order valence-corrected chi connectivity index (χ3v) is 3.84. The molecule has 0 radical (unpaired) electrons. The molecule has 17 heavy (non-hydrogen) atoms. The van der Waals surface area contributed by atoms with Crippen molar-refractivity contribution in [2.24, 2.45) is 5.92 Å². The maximum atomic E-state index is 12.2. The van der Waals surface area contributed by atoms with Crippen molar-refractivity contribution in [2.45, 2.75) is 58.0 Å². The SMILES string of the molecule is CCC(CC)N1C(=O)CC(NCC2CC2)C1=O. The Morgan fingerprint density at radius 3 is 2.47 bits per heavy atom. The van der Waals surface area contributed by atoms with Crippen molar-refractivity contribution in [2.75, 3.05) is 6.54 Å². The minimum atomic E-state index is -0.260. The Kier molecular flexibility index (Phi) is 3.82. The second-order valence-electron chi connectivity index (χ2n) is 5.18. The quantitative estimate of drug-likeness (QED) is 0.710. The molecule has 1 heterocycles. The van der Waals surface area contributed by atoms with E-state index in [1.54, 1.807) is 0 Å². The van der Waals surface area contributed by atoms with Gasteiger partial charge in [0.25, 0.3) is 0 Å². The highest BCUT2D eigenvalue weighted by molar-refractivity contribution is 6.05. The van der Waals surface area contributed by atoms with Gasteiger partial charge in [-0.2, -0.15) is 0 Å². The summed E-state index contributed by atoms with van der Waals surface area (Å²) in [5, 5.41) is 3.24. The Labute approximate surface area is 103 Å². The molecule has 1 atom stereocenters. The van der Waals surface area contributed by atoms with E-state index < -0.39 is 0 Å². The van der Waals surface area contributed by atoms with Crippen molar-refractivity contribution in [1.82, 2.24) is 10.2 Å². The lowest BCUT2D eigenvalue weighted by molar-refractivity contribution is -0.141. The van der Waals surface area contributed by atoms with Crippen molar-refractivity contribution in [3.8, 4) is 0 Å². The summed E-state index contributed by atoms with van der Waals surface area (Å²) in [6.07, 6.45) is 4.57. The summed E-state index contributed by atoms with van der Waals surface area (Å²) in [7, 11) is 0.